The Morgan fingerprint density at radius 3 is 2.50 bits per heavy atom. The van der Waals surface area contributed by atoms with Gasteiger partial charge in [0.15, 0.2) is 26.5 Å². The molecule has 0 saturated heterocycles. The van der Waals surface area contributed by atoms with Gasteiger partial charge in [-0.2, -0.15) is 0 Å². The Labute approximate surface area is 93.1 Å². The molecular formula is C7H10N2O5S2. The molecule has 0 unspecified atom stereocenters. The lowest BCUT2D eigenvalue weighted by molar-refractivity contribution is 0.475. The second kappa shape index (κ2) is 4.26. The second-order valence-corrected chi connectivity index (χ2v) is 7.36. The van der Waals surface area contributed by atoms with Gasteiger partial charge in [0, 0.05) is 12.5 Å². The Hall–Kier alpha value is -1.35. The van der Waals surface area contributed by atoms with E-state index in [1.54, 1.807) is 0 Å². The van der Waals surface area contributed by atoms with Crippen LogP contribution in [0, 0.1) is 0 Å². The van der Waals surface area contributed by atoms with Gasteiger partial charge in [-0.25, -0.2) is 21.8 Å². The predicted octanol–water partition coefficient (Wildman–Crippen LogP) is -0.469. The molecular weight excluding hydrogens is 256 g/mol. The number of hydrogen-bond donors (Lipinski definition) is 2. The van der Waals surface area contributed by atoms with Crippen LogP contribution in [0.4, 0.5) is 5.82 Å². The van der Waals surface area contributed by atoms with Crippen LogP contribution in [-0.2, 0) is 19.9 Å². The summed E-state index contributed by atoms with van der Waals surface area (Å²) in [5.41, 5.74) is 0. The minimum atomic E-state index is -4.08. The molecule has 1 rings (SSSR count). The van der Waals surface area contributed by atoms with Crippen molar-refractivity contribution < 1.29 is 21.9 Å². The van der Waals surface area contributed by atoms with Crippen LogP contribution >= 0.6 is 0 Å². The van der Waals surface area contributed by atoms with Gasteiger partial charge in [-0.3, -0.25) is 4.72 Å². The highest BCUT2D eigenvalue weighted by Gasteiger charge is 2.19. The van der Waals surface area contributed by atoms with Crippen LogP contribution < -0.4 is 4.72 Å². The van der Waals surface area contributed by atoms with Crippen LogP contribution in [0.25, 0.3) is 0 Å². The highest BCUT2D eigenvalue weighted by molar-refractivity contribution is 8.08. The maximum absolute atomic E-state index is 11.3. The molecule has 0 saturated carbocycles. The van der Waals surface area contributed by atoms with E-state index in [0.29, 0.717) is 0 Å². The SMILES string of the molecule is CS(=O)(=O)CS(=O)(=O)Nc1ncccc1O. The van der Waals surface area contributed by atoms with E-state index in [2.05, 4.69) is 4.98 Å². The molecule has 0 radical (unpaired) electrons. The molecule has 0 aliphatic carbocycles. The quantitative estimate of drug-likeness (QED) is 0.761. The molecule has 0 aliphatic heterocycles. The van der Waals surface area contributed by atoms with Gasteiger partial charge in [0.2, 0.25) is 10.0 Å². The Kier molecular flexibility index (Phi) is 3.38. The molecule has 16 heavy (non-hydrogen) atoms. The molecule has 2 N–H and O–H groups in total. The zero-order valence-corrected chi connectivity index (χ0v) is 9.92. The lowest BCUT2D eigenvalue weighted by Gasteiger charge is -2.06. The number of aromatic hydroxyl groups is 1. The third-order valence-corrected chi connectivity index (χ3v) is 4.87. The summed E-state index contributed by atoms with van der Waals surface area (Å²) in [6, 6.07) is 2.63. The standard InChI is InChI=1S/C7H10N2O5S2/c1-15(11,12)5-16(13,14)9-7-6(10)3-2-4-8-7/h2-4,10H,5H2,1H3,(H,8,9). The summed E-state index contributed by atoms with van der Waals surface area (Å²) in [5, 5.41) is 8.17. The van der Waals surface area contributed by atoms with Crippen molar-refractivity contribution in [2.45, 2.75) is 0 Å². The number of pyridine rings is 1. The van der Waals surface area contributed by atoms with Gasteiger partial charge in [0.05, 0.1) is 0 Å². The fourth-order valence-corrected chi connectivity index (χ4v) is 3.88. The summed E-state index contributed by atoms with van der Waals surface area (Å²) in [5.74, 6) is -0.675. The van der Waals surface area contributed by atoms with E-state index in [-0.39, 0.29) is 11.6 Å². The normalized spacial score (nSPS) is 12.3. The number of nitrogens with zero attached hydrogens (tertiary/aromatic N) is 1. The second-order valence-electron chi connectivity index (χ2n) is 3.13. The van der Waals surface area contributed by atoms with Crippen molar-refractivity contribution in [1.82, 2.24) is 4.98 Å². The van der Waals surface area contributed by atoms with Crippen LogP contribution in [0.1, 0.15) is 0 Å². The molecule has 1 aromatic heterocycles. The first-order chi connectivity index (χ1) is 7.20. The average molecular weight is 266 g/mol. The lowest BCUT2D eigenvalue weighted by Crippen LogP contribution is -2.22. The molecule has 0 fully saturated rings. The summed E-state index contributed by atoms with van der Waals surface area (Å²) in [7, 11) is -7.75. The van der Waals surface area contributed by atoms with Crippen molar-refractivity contribution in [3.63, 3.8) is 0 Å². The molecule has 1 heterocycles. The fraction of sp³-hybridized carbons (Fsp3) is 0.286. The van der Waals surface area contributed by atoms with Gasteiger partial charge >= 0.3 is 0 Å². The number of aromatic nitrogens is 1. The minimum Gasteiger partial charge on any atom is -0.504 e. The van der Waals surface area contributed by atoms with Gasteiger partial charge in [0.1, 0.15) is 0 Å². The summed E-state index contributed by atoms with van der Waals surface area (Å²) in [4.78, 5) is 3.56. The predicted molar refractivity (Wildman–Crippen MR) is 58.2 cm³/mol. The Morgan fingerprint density at radius 1 is 1.38 bits per heavy atom. The number of sulfone groups is 1. The first kappa shape index (κ1) is 12.7. The van der Waals surface area contributed by atoms with E-state index in [9.17, 15) is 21.9 Å². The zero-order valence-electron chi connectivity index (χ0n) is 8.28. The Balaban J connectivity index is 2.95. The van der Waals surface area contributed by atoms with Crippen molar-refractivity contribution in [1.29, 1.82) is 0 Å². The molecule has 0 bridgehead atoms. The van der Waals surface area contributed by atoms with Crippen LogP contribution in [0.5, 0.6) is 5.75 Å². The van der Waals surface area contributed by atoms with E-state index in [4.69, 9.17) is 0 Å². The number of sulfonamides is 1. The lowest BCUT2D eigenvalue weighted by atomic mass is 10.4. The van der Waals surface area contributed by atoms with Crippen molar-refractivity contribution in [2.24, 2.45) is 0 Å². The summed E-state index contributed by atoms with van der Waals surface area (Å²) in [6.45, 7) is 0. The molecule has 0 aromatic carbocycles. The smallest absolute Gasteiger partial charge is 0.248 e. The van der Waals surface area contributed by atoms with Gasteiger partial charge < -0.3 is 5.11 Å². The monoisotopic (exact) mass is 266 g/mol. The first-order valence-electron chi connectivity index (χ1n) is 4.02. The van der Waals surface area contributed by atoms with Crippen LogP contribution in [-0.4, -0.2) is 38.3 Å². The summed E-state index contributed by atoms with van der Waals surface area (Å²) in [6.07, 6.45) is 2.06. The maximum atomic E-state index is 11.3. The van der Waals surface area contributed by atoms with Crippen molar-refractivity contribution >= 4 is 25.7 Å². The van der Waals surface area contributed by atoms with E-state index in [1.807, 2.05) is 4.72 Å². The van der Waals surface area contributed by atoms with Gasteiger partial charge in [-0.05, 0) is 12.1 Å². The van der Waals surface area contributed by atoms with Crippen LogP contribution in [0.3, 0.4) is 0 Å². The van der Waals surface area contributed by atoms with E-state index >= 15 is 0 Å². The summed E-state index contributed by atoms with van der Waals surface area (Å²) < 4.78 is 46.2. The number of nitrogens with one attached hydrogen (secondary N) is 1. The fourth-order valence-electron chi connectivity index (χ4n) is 0.934. The van der Waals surface area contributed by atoms with Crippen LogP contribution in [0.15, 0.2) is 18.3 Å². The number of rotatable bonds is 4. The van der Waals surface area contributed by atoms with Crippen molar-refractivity contribution in [3.8, 4) is 5.75 Å². The Bertz CT molecular complexity index is 579. The minimum absolute atomic E-state index is 0.300. The molecule has 0 spiro atoms. The molecule has 7 nitrogen and oxygen atoms in total. The van der Waals surface area contributed by atoms with Crippen molar-refractivity contribution in [2.75, 3.05) is 16.1 Å². The van der Waals surface area contributed by atoms with Crippen molar-refractivity contribution in [3.05, 3.63) is 18.3 Å². The summed E-state index contributed by atoms with van der Waals surface area (Å²) >= 11 is 0. The van der Waals surface area contributed by atoms with Crippen LogP contribution in [0.2, 0.25) is 0 Å². The third-order valence-electron chi connectivity index (χ3n) is 1.41. The molecule has 0 atom stereocenters. The molecule has 9 heteroatoms. The zero-order chi connectivity index (χ0) is 12.4. The molecule has 1 aromatic rings. The number of hydrogen-bond acceptors (Lipinski definition) is 6. The average Bonchev–Trinajstić information content (AvgIpc) is 2.04. The maximum Gasteiger partial charge on any atom is 0.248 e. The number of anilines is 1. The molecule has 0 aliphatic rings. The highest BCUT2D eigenvalue weighted by Crippen LogP contribution is 2.19. The van der Waals surface area contributed by atoms with Gasteiger partial charge in [-0.15, -0.1) is 0 Å². The highest BCUT2D eigenvalue weighted by atomic mass is 32.3. The van der Waals surface area contributed by atoms with E-state index in [0.717, 1.165) is 6.26 Å². The molecule has 0 amide bonds. The van der Waals surface area contributed by atoms with E-state index < -0.39 is 24.9 Å². The van der Waals surface area contributed by atoms with Gasteiger partial charge in [0.25, 0.3) is 0 Å². The third kappa shape index (κ3) is 4.03. The van der Waals surface area contributed by atoms with Gasteiger partial charge in [-0.1, -0.05) is 0 Å². The molecule has 90 valence electrons. The van der Waals surface area contributed by atoms with E-state index in [1.165, 1.54) is 18.3 Å². The Morgan fingerprint density at radius 2 is 2.00 bits per heavy atom. The largest absolute Gasteiger partial charge is 0.504 e. The first-order valence-corrected chi connectivity index (χ1v) is 7.73. The topological polar surface area (TPSA) is 113 Å².